The average molecular weight is 418 g/mol. The van der Waals surface area contributed by atoms with E-state index in [-0.39, 0.29) is 0 Å². The summed E-state index contributed by atoms with van der Waals surface area (Å²) < 4.78 is 11.1. The number of benzene rings is 2. The van der Waals surface area contributed by atoms with Gasteiger partial charge in [0, 0.05) is 19.6 Å². The van der Waals surface area contributed by atoms with Crippen LogP contribution in [0.4, 0.5) is 0 Å². The van der Waals surface area contributed by atoms with Crippen LogP contribution in [0.5, 0.6) is 11.5 Å². The summed E-state index contributed by atoms with van der Waals surface area (Å²) in [5.74, 6) is 1.36. The van der Waals surface area contributed by atoms with Gasteiger partial charge in [-0.1, -0.05) is 55.2 Å². The summed E-state index contributed by atoms with van der Waals surface area (Å²) in [6.07, 6.45) is 0. The minimum atomic E-state index is -1.30. The highest BCUT2D eigenvalue weighted by Crippen LogP contribution is 2.28. The minimum Gasteiger partial charge on any atom is -0.493 e. The SMILES string of the molecule is COc1cc(CN(Cc2ccc([Si](C)(C)C)cc2)C(N)=S)ccc1OCCN. The molecule has 4 N–H and O–H groups in total. The molecule has 0 fully saturated rings. The van der Waals surface area contributed by atoms with Crippen LogP contribution in [0, 0.1) is 0 Å². The molecule has 0 amide bonds. The smallest absolute Gasteiger partial charge is 0.166 e. The molecule has 0 aromatic heterocycles. The van der Waals surface area contributed by atoms with Crippen molar-refractivity contribution < 1.29 is 9.47 Å². The topological polar surface area (TPSA) is 73.7 Å². The van der Waals surface area contributed by atoms with E-state index < -0.39 is 8.07 Å². The number of nitrogens with two attached hydrogens (primary N) is 2. The van der Waals surface area contributed by atoms with E-state index in [4.69, 9.17) is 33.2 Å². The van der Waals surface area contributed by atoms with Crippen LogP contribution in [0.2, 0.25) is 19.6 Å². The summed E-state index contributed by atoms with van der Waals surface area (Å²) >= 11 is 5.29. The van der Waals surface area contributed by atoms with Crippen molar-refractivity contribution in [3.05, 3.63) is 53.6 Å². The molecule has 0 saturated carbocycles. The second kappa shape index (κ2) is 9.91. The van der Waals surface area contributed by atoms with Crippen molar-refractivity contribution in [1.82, 2.24) is 4.90 Å². The number of methoxy groups -OCH3 is 1. The van der Waals surface area contributed by atoms with Gasteiger partial charge in [0.25, 0.3) is 0 Å². The van der Waals surface area contributed by atoms with Gasteiger partial charge in [-0.3, -0.25) is 0 Å². The molecule has 0 radical (unpaired) electrons. The molecule has 0 spiro atoms. The highest BCUT2D eigenvalue weighted by molar-refractivity contribution is 7.80. The van der Waals surface area contributed by atoms with Crippen LogP contribution in [0.25, 0.3) is 0 Å². The number of hydrogen-bond donors (Lipinski definition) is 2. The molecule has 2 aromatic rings. The first kappa shape index (κ1) is 22.2. The third-order valence-corrected chi connectivity index (χ3v) is 6.81. The zero-order valence-corrected chi connectivity index (χ0v) is 19.0. The number of ether oxygens (including phenoxy) is 2. The van der Waals surface area contributed by atoms with Crippen molar-refractivity contribution in [2.75, 3.05) is 20.3 Å². The molecular weight excluding hydrogens is 386 g/mol. The summed E-state index contributed by atoms with van der Waals surface area (Å²) in [5, 5.41) is 1.81. The molecule has 0 heterocycles. The van der Waals surface area contributed by atoms with Crippen LogP contribution in [-0.4, -0.2) is 38.3 Å². The van der Waals surface area contributed by atoms with Gasteiger partial charge in [0.2, 0.25) is 0 Å². The summed E-state index contributed by atoms with van der Waals surface area (Å²) in [4.78, 5) is 1.98. The summed E-state index contributed by atoms with van der Waals surface area (Å²) in [6, 6.07) is 14.6. The lowest BCUT2D eigenvalue weighted by molar-refractivity contribution is 0.302. The molecule has 2 aromatic carbocycles. The first-order valence-electron chi connectivity index (χ1n) is 9.38. The van der Waals surface area contributed by atoms with Gasteiger partial charge in [-0.25, -0.2) is 0 Å². The zero-order chi connectivity index (χ0) is 20.7. The largest absolute Gasteiger partial charge is 0.493 e. The molecule has 0 bridgehead atoms. The lowest BCUT2D eigenvalue weighted by Gasteiger charge is -2.24. The van der Waals surface area contributed by atoms with E-state index in [0.717, 1.165) is 5.56 Å². The lowest BCUT2D eigenvalue weighted by atomic mass is 10.1. The molecule has 5 nitrogen and oxygen atoms in total. The van der Waals surface area contributed by atoms with Gasteiger partial charge < -0.3 is 25.8 Å². The first-order valence-corrected chi connectivity index (χ1v) is 13.3. The molecule has 7 heteroatoms. The Morgan fingerprint density at radius 1 is 1.00 bits per heavy atom. The normalized spacial score (nSPS) is 11.2. The van der Waals surface area contributed by atoms with Crippen LogP contribution in [-0.2, 0) is 13.1 Å². The quantitative estimate of drug-likeness (QED) is 0.483. The van der Waals surface area contributed by atoms with Gasteiger partial charge >= 0.3 is 0 Å². The Morgan fingerprint density at radius 3 is 2.14 bits per heavy atom. The predicted molar refractivity (Wildman–Crippen MR) is 123 cm³/mol. The van der Waals surface area contributed by atoms with Crippen molar-refractivity contribution in [3.8, 4) is 11.5 Å². The fourth-order valence-electron chi connectivity index (χ4n) is 2.86. The Labute approximate surface area is 174 Å². The molecular formula is C21H31N3O2SSi. The van der Waals surface area contributed by atoms with Gasteiger partial charge in [0.15, 0.2) is 16.6 Å². The summed E-state index contributed by atoms with van der Waals surface area (Å²) in [5.41, 5.74) is 13.7. The molecule has 0 atom stereocenters. The zero-order valence-electron chi connectivity index (χ0n) is 17.2. The van der Waals surface area contributed by atoms with Gasteiger partial charge in [0.05, 0.1) is 15.2 Å². The predicted octanol–water partition coefficient (Wildman–Crippen LogP) is 2.82. The molecule has 0 unspecified atom stereocenters. The van der Waals surface area contributed by atoms with Crippen molar-refractivity contribution in [3.63, 3.8) is 0 Å². The highest BCUT2D eigenvalue weighted by atomic mass is 32.1. The lowest BCUT2D eigenvalue weighted by Crippen LogP contribution is -2.37. The van der Waals surface area contributed by atoms with E-state index >= 15 is 0 Å². The van der Waals surface area contributed by atoms with E-state index in [9.17, 15) is 0 Å². The van der Waals surface area contributed by atoms with Crippen LogP contribution in [0.15, 0.2) is 42.5 Å². The first-order chi connectivity index (χ1) is 13.2. The van der Waals surface area contributed by atoms with Crippen LogP contribution in [0.1, 0.15) is 11.1 Å². The highest BCUT2D eigenvalue weighted by Gasteiger charge is 2.16. The van der Waals surface area contributed by atoms with Crippen molar-refractivity contribution in [1.29, 1.82) is 0 Å². The average Bonchev–Trinajstić information content (AvgIpc) is 2.65. The third kappa shape index (κ3) is 6.22. The Bertz CT molecular complexity index is 791. The second-order valence-electron chi connectivity index (χ2n) is 7.76. The standard InChI is InChI=1S/C21H31N3O2SSi/c1-25-20-13-17(7-10-19(20)26-12-11-22)15-24(21(23)27)14-16-5-8-18(9-6-16)28(2,3)4/h5-10,13H,11-12,14-15,22H2,1-4H3,(H2,23,27). The van der Waals surface area contributed by atoms with E-state index in [1.807, 2.05) is 23.1 Å². The second-order valence-corrected chi connectivity index (χ2v) is 13.3. The van der Waals surface area contributed by atoms with Crippen LogP contribution >= 0.6 is 12.2 Å². The van der Waals surface area contributed by atoms with Crippen LogP contribution < -0.4 is 26.1 Å². The molecule has 2 rings (SSSR count). The number of thiocarbonyl (C=S) groups is 1. The summed E-state index contributed by atoms with van der Waals surface area (Å²) in [7, 11) is 0.322. The van der Waals surface area contributed by atoms with E-state index in [1.165, 1.54) is 10.8 Å². The van der Waals surface area contributed by atoms with Gasteiger partial charge in [-0.2, -0.15) is 0 Å². The maximum absolute atomic E-state index is 5.99. The minimum absolute atomic E-state index is 0.372. The maximum atomic E-state index is 5.99. The van der Waals surface area contributed by atoms with E-state index in [1.54, 1.807) is 7.11 Å². The molecule has 0 aliphatic carbocycles. The third-order valence-electron chi connectivity index (χ3n) is 4.48. The Morgan fingerprint density at radius 2 is 1.61 bits per heavy atom. The molecule has 0 aliphatic heterocycles. The molecule has 28 heavy (non-hydrogen) atoms. The van der Waals surface area contributed by atoms with Gasteiger partial charge in [-0.15, -0.1) is 0 Å². The Kier molecular flexibility index (Phi) is 7.85. The van der Waals surface area contributed by atoms with Gasteiger partial charge in [0.1, 0.15) is 6.61 Å². The van der Waals surface area contributed by atoms with E-state index in [2.05, 4.69) is 43.9 Å². The number of nitrogens with zero attached hydrogens (tertiary/aromatic N) is 1. The molecule has 0 aliphatic rings. The number of rotatable bonds is 9. The van der Waals surface area contributed by atoms with Gasteiger partial charge in [-0.05, 0) is 35.5 Å². The maximum Gasteiger partial charge on any atom is 0.166 e. The van der Waals surface area contributed by atoms with Crippen LogP contribution in [0.3, 0.4) is 0 Å². The Hall–Kier alpha value is -2.09. The number of hydrogen-bond acceptors (Lipinski definition) is 4. The monoisotopic (exact) mass is 417 g/mol. The molecule has 152 valence electrons. The Balaban J connectivity index is 2.13. The summed E-state index contributed by atoms with van der Waals surface area (Å²) in [6.45, 7) is 9.19. The fraction of sp³-hybridized carbons (Fsp3) is 0.381. The van der Waals surface area contributed by atoms with Crippen molar-refractivity contribution in [2.24, 2.45) is 11.5 Å². The van der Waals surface area contributed by atoms with E-state index in [0.29, 0.717) is 42.9 Å². The molecule has 0 saturated heterocycles. The fourth-order valence-corrected chi connectivity index (χ4v) is 4.16. The van der Waals surface area contributed by atoms with Crippen molar-refractivity contribution >= 4 is 30.6 Å². The van der Waals surface area contributed by atoms with Crippen molar-refractivity contribution in [2.45, 2.75) is 32.7 Å².